The molecular weight excluding hydrogens is 258 g/mol. The Balaban J connectivity index is 2.16. The first-order valence-corrected chi connectivity index (χ1v) is 7.29. The van der Waals surface area contributed by atoms with Crippen molar-refractivity contribution in [3.63, 3.8) is 0 Å². The fraction of sp³-hybridized carbons (Fsp3) is 0.786. The second-order valence-electron chi connectivity index (χ2n) is 5.85. The van der Waals surface area contributed by atoms with Gasteiger partial charge in [0.1, 0.15) is 6.04 Å². The third-order valence-electron chi connectivity index (χ3n) is 3.34. The van der Waals surface area contributed by atoms with Gasteiger partial charge in [-0.25, -0.2) is 4.79 Å². The number of nitrogens with one attached hydrogen (secondary N) is 3. The fourth-order valence-electron chi connectivity index (χ4n) is 2.19. The molecule has 4 amide bonds. The van der Waals surface area contributed by atoms with E-state index in [0.717, 1.165) is 19.3 Å². The van der Waals surface area contributed by atoms with Crippen molar-refractivity contribution in [3.8, 4) is 0 Å². The lowest BCUT2D eigenvalue weighted by molar-refractivity contribution is -0.122. The number of amides is 4. The lowest BCUT2D eigenvalue weighted by Gasteiger charge is -2.15. The summed E-state index contributed by atoms with van der Waals surface area (Å²) >= 11 is 0. The van der Waals surface area contributed by atoms with E-state index in [1.807, 2.05) is 6.92 Å². The molecule has 2 atom stereocenters. The second kappa shape index (κ2) is 7.87. The van der Waals surface area contributed by atoms with Crippen LogP contribution < -0.4 is 16.0 Å². The molecule has 1 heterocycles. The van der Waals surface area contributed by atoms with Crippen LogP contribution in [0.2, 0.25) is 0 Å². The van der Waals surface area contributed by atoms with E-state index < -0.39 is 12.1 Å². The highest BCUT2D eigenvalue weighted by atomic mass is 16.2. The predicted molar refractivity (Wildman–Crippen MR) is 76.0 cm³/mol. The van der Waals surface area contributed by atoms with Crippen LogP contribution in [0, 0.1) is 5.92 Å². The summed E-state index contributed by atoms with van der Waals surface area (Å²) in [6, 6.07) is -0.916. The molecule has 0 aliphatic carbocycles. The van der Waals surface area contributed by atoms with Gasteiger partial charge in [-0.1, -0.05) is 26.7 Å². The summed E-state index contributed by atoms with van der Waals surface area (Å²) in [5, 5.41) is 7.55. The molecule has 114 valence electrons. The van der Waals surface area contributed by atoms with Crippen molar-refractivity contribution in [2.75, 3.05) is 0 Å². The van der Waals surface area contributed by atoms with Gasteiger partial charge in [0.05, 0.1) is 0 Å². The number of urea groups is 1. The maximum atomic E-state index is 11.7. The molecule has 1 aliphatic heterocycles. The summed E-state index contributed by atoms with van der Waals surface area (Å²) < 4.78 is 0. The van der Waals surface area contributed by atoms with Gasteiger partial charge >= 0.3 is 6.03 Å². The molecule has 0 spiro atoms. The minimum absolute atomic E-state index is 0.0732. The SMILES string of the molecule is CC(C)CCCC(C)NC(=O)CCC1NC(=O)NC1=O. The van der Waals surface area contributed by atoms with Crippen LogP contribution >= 0.6 is 0 Å². The molecule has 3 N–H and O–H groups in total. The van der Waals surface area contributed by atoms with E-state index in [-0.39, 0.29) is 24.3 Å². The average Bonchev–Trinajstić information content (AvgIpc) is 2.64. The van der Waals surface area contributed by atoms with Crippen molar-refractivity contribution in [2.24, 2.45) is 5.92 Å². The van der Waals surface area contributed by atoms with Gasteiger partial charge in [0, 0.05) is 12.5 Å². The average molecular weight is 283 g/mol. The van der Waals surface area contributed by atoms with Crippen LogP contribution in [0.15, 0.2) is 0 Å². The maximum Gasteiger partial charge on any atom is 0.322 e. The smallest absolute Gasteiger partial charge is 0.322 e. The standard InChI is InChI=1S/C14H25N3O3/c1-9(2)5-4-6-10(3)15-12(18)8-7-11-13(19)17-14(20)16-11/h9-11H,4-8H2,1-3H3,(H,15,18)(H2,16,17,19,20). The van der Waals surface area contributed by atoms with Crippen molar-refractivity contribution in [2.45, 2.75) is 65.0 Å². The third kappa shape index (κ3) is 6.04. The van der Waals surface area contributed by atoms with Crippen LogP contribution in [0.25, 0.3) is 0 Å². The molecule has 0 radical (unpaired) electrons. The van der Waals surface area contributed by atoms with Crippen LogP contribution in [0.4, 0.5) is 4.79 Å². The van der Waals surface area contributed by atoms with Crippen molar-refractivity contribution in [3.05, 3.63) is 0 Å². The predicted octanol–water partition coefficient (Wildman–Crippen LogP) is 1.31. The topological polar surface area (TPSA) is 87.3 Å². The van der Waals surface area contributed by atoms with Crippen molar-refractivity contribution >= 4 is 17.8 Å². The Kier molecular flexibility index (Phi) is 6.48. The quantitative estimate of drug-likeness (QED) is 0.587. The lowest BCUT2D eigenvalue weighted by atomic mass is 10.0. The Bertz CT molecular complexity index is 369. The molecule has 20 heavy (non-hydrogen) atoms. The van der Waals surface area contributed by atoms with Gasteiger partial charge in [-0.2, -0.15) is 0 Å². The first-order chi connectivity index (χ1) is 9.38. The number of carbonyl (C=O) groups excluding carboxylic acids is 3. The molecule has 0 saturated carbocycles. The summed E-state index contributed by atoms with van der Waals surface area (Å²) in [4.78, 5) is 34.0. The van der Waals surface area contributed by atoms with E-state index in [1.54, 1.807) is 0 Å². The summed E-state index contributed by atoms with van der Waals surface area (Å²) in [5.41, 5.74) is 0. The minimum atomic E-state index is -0.579. The van der Waals surface area contributed by atoms with Crippen molar-refractivity contribution in [1.82, 2.24) is 16.0 Å². The molecule has 1 fully saturated rings. The van der Waals surface area contributed by atoms with Crippen LogP contribution in [-0.4, -0.2) is 29.9 Å². The third-order valence-corrected chi connectivity index (χ3v) is 3.34. The van der Waals surface area contributed by atoms with Crippen LogP contribution in [0.5, 0.6) is 0 Å². The van der Waals surface area contributed by atoms with E-state index in [2.05, 4.69) is 29.8 Å². The molecule has 6 nitrogen and oxygen atoms in total. The second-order valence-corrected chi connectivity index (χ2v) is 5.85. The zero-order valence-corrected chi connectivity index (χ0v) is 12.5. The Morgan fingerprint density at radius 2 is 1.95 bits per heavy atom. The summed E-state index contributed by atoms with van der Waals surface area (Å²) in [6.07, 6.45) is 3.80. The van der Waals surface area contributed by atoms with Crippen molar-refractivity contribution in [1.29, 1.82) is 0 Å². The Labute approximate surface area is 120 Å². The van der Waals surface area contributed by atoms with E-state index in [9.17, 15) is 14.4 Å². The Morgan fingerprint density at radius 1 is 1.25 bits per heavy atom. The number of carbonyl (C=O) groups is 3. The molecule has 2 unspecified atom stereocenters. The normalized spacial score (nSPS) is 19.7. The van der Waals surface area contributed by atoms with Gasteiger partial charge in [0.25, 0.3) is 5.91 Å². The summed E-state index contributed by atoms with van der Waals surface area (Å²) in [6.45, 7) is 6.36. The molecule has 0 aromatic heterocycles. The van der Waals surface area contributed by atoms with Gasteiger partial charge in [0.15, 0.2) is 0 Å². The number of hydrogen-bond donors (Lipinski definition) is 3. The van der Waals surface area contributed by atoms with Crippen molar-refractivity contribution < 1.29 is 14.4 Å². The number of rotatable bonds is 8. The van der Waals surface area contributed by atoms with Gasteiger partial charge in [0.2, 0.25) is 5.91 Å². The van der Waals surface area contributed by atoms with Gasteiger partial charge in [-0.3, -0.25) is 14.9 Å². The van der Waals surface area contributed by atoms with Gasteiger partial charge < -0.3 is 10.6 Å². The molecule has 0 bridgehead atoms. The molecule has 0 aromatic rings. The summed E-state index contributed by atoms with van der Waals surface area (Å²) in [7, 11) is 0. The largest absolute Gasteiger partial charge is 0.354 e. The molecular formula is C14H25N3O3. The first kappa shape index (κ1) is 16.5. The van der Waals surface area contributed by atoms with E-state index in [1.165, 1.54) is 0 Å². The highest BCUT2D eigenvalue weighted by molar-refractivity contribution is 6.04. The van der Waals surface area contributed by atoms with Crippen LogP contribution in [-0.2, 0) is 9.59 Å². The maximum absolute atomic E-state index is 11.7. The molecule has 6 heteroatoms. The highest BCUT2D eigenvalue weighted by Crippen LogP contribution is 2.09. The van der Waals surface area contributed by atoms with E-state index in [0.29, 0.717) is 12.3 Å². The molecule has 1 rings (SSSR count). The fourth-order valence-corrected chi connectivity index (χ4v) is 2.19. The first-order valence-electron chi connectivity index (χ1n) is 7.29. The summed E-state index contributed by atoms with van der Waals surface area (Å²) in [5.74, 6) is 0.256. The zero-order valence-electron chi connectivity index (χ0n) is 12.5. The lowest BCUT2D eigenvalue weighted by Crippen LogP contribution is -2.35. The van der Waals surface area contributed by atoms with Gasteiger partial charge in [-0.15, -0.1) is 0 Å². The minimum Gasteiger partial charge on any atom is -0.354 e. The molecule has 1 aliphatic rings. The molecule has 1 saturated heterocycles. The van der Waals surface area contributed by atoms with E-state index >= 15 is 0 Å². The van der Waals surface area contributed by atoms with Crippen LogP contribution in [0.3, 0.4) is 0 Å². The zero-order chi connectivity index (χ0) is 15.1. The monoisotopic (exact) mass is 283 g/mol. The van der Waals surface area contributed by atoms with Gasteiger partial charge in [-0.05, 0) is 25.7 Å². The van der Waals surface area contributed by atoms with E-state index in [4.69, 9.17) is 0 Å². The number of imide groups is 1. The highest BCUT2D eigenvalue weighted by Gasteiger charge is 2.29. The Hall–Kier alpha value is -1.59. The molecule has 0 aromatic carbocycles. The Morgan fingerprint density at radius 3 is 2.50 bits per heavy atom. The van der Waals surface area contributed by atoms with Crippen LogP contribution in [0.1, 0.15) is 52.9 Å². The number of hydrogen-bond acceptors (Lipinski definition) is 3.